The minimum Gasteiger partial charge on any atom is -0.324 e. The average Bonchev–Trinajstić information content (AvgIpc) is 2.88. The van der Waals surface area contributed by atoms with E-state index in [-0.39, 0.29) is 6.03 Å². The van der Waals surface area contributed by atoms with Gasteiger partial charge in [0.1, 0.15) is 5.82 Å². The van der Waals surface area contributed by atoms with E-state index < -0.39 is 0 Å². The molecule has 0 unspecified atom stereocenters. The van der Waals surface area contributed by atoms with Crippen molar-refractivity contribution in [3.05, 3.63) is 23.9 Å². The Morgan fingerprint density at radius 3 is 2.78 bits per heavy atom. The van der Waals surface area contributed by atoms with Gasteiger partial charge in [0.05, 0.1) is 0 Å². The SMILES string of the molecule is Cc1ccnc(NC(=O)N2C[C@H]3CCC[C@@H]3C2)c1. The molecule has 3 rings (SSSR count). The molecule has 2 amide bonds. The Hall–Kier alpha value is -1.58. The van der Waals surface area contributed by atoms with Gasteiger partial charge in [-0.05, 0) is 49.3 Å². The zero-order chi connectivity index (χ0) is 12.5. The van der Waals surface area contributed by atoms with Crippen molar-refractivity contribution in [3.8, 4) is 0 Å². The van der Waals surface area contributed by atoms with Gasteiger partial charge in [-0.25, -0.2) is 9.78 Å². The standard InChI is InChI=1S/C14H19N3O/c1-10-5-6-15-13(7-10)16-14(18)17-8-11-3-2-4-12(11)9-17/h5-7,11-12H,2-4,8-9H2,1H3,(H,15,16,18)/t11-,12-/m1/s1. The first-order valence-electron chi connectivity index (χ1n) is 6.71. The summed E-state index contributed by atoms with van der Waals surface area (Å²) < 4.78 is 0. The van der Waals surface area contributed by atoms with Crippen LogP contribution in [0.5, 0.6) is 0 Å². The van der Waals surface area contributed by atoms with Crippen molar-refractivity contribution in [2.75, 3.05) is 18.4 Å². The summed E-state index contributed by atoms with van der Waals surface area (Å²) in [5.74, 6) is 2.12. The fraction of sp³-hybridized carbons (Fsp3) is 0.571. The molecule has 0 bridgehead atoms. The number of pyridine rings is 1. The topological polar surface area (TPSA) is 45.2 Å². The highest BCUT2D eigenvalue weighted by Crippen LogP contribution is 2.37. The van der Waals surface area contributed by atoms with Crippen LogP contribution in [0.3, 0.4) is 0 Å². The summed E-state index contributed by atoms with van der Waals surface area (Å²) in [6, 6.07) is 3.83. The molecular formula is C14H19N3O. The van der Waals surface area contributed by atoms with Crippen LogP contribution in [0.15, 0.2) is 18.3 Å². The van der Waals surface area contributed by atoms with E-state index >= 15 is 0 Å². The number of nitrogens with zero attached hydrogens (tertiary/aromatic N) is 2. The number of carbonyl (C=O) groups excluding carboxylic acids is 1. The lowest BCUT2D eigenvalue weighted by atomic mass is 10.0. The largest absolute Gasteiger partial charge is 0.324 e. The van der Waals surface area contributed by atoms with E-state index in [9.17, 15) is 4.79 Å². The number of amides is 2. The van der Waals surface area contributed by atoms with Gasteiger partial charge < -0.3 is 4.90 Å². The highest BCUT2D eigenvalue weighted by molar-refractivity contribution is 5.88. The highest BCUT2D eigenvalue weighted by Gasteiger charge is 2.37. The molecule has 4 heteroatoms. The highest BCUT2D eigenvalue weighted by atomic mass is 16.2. The third-order valence-electron chi connectivity index (χ3n) is 4.16. The van der Waals surface area contributed by atoms with Crippen molar-refractivity contribution in [1.29, 1.82) is 0 Å². The van der Waals surface area contributed by atoms with E-state index in [1.54, 1.807) is 6.20 Å². The van der Waals surface area contributed by atoms with Gasteiger partial charge in [-0.2, -0.15) is 0 Å². The lowest BCUT2D eigenvalue weighted by Crippen LogP contribution is -2.33. The maximum atomic E-state index is 12.1. The maximum Gasteiger partial charge on any atom is 0.323 e. The van der Waals surface area contributed by atoms with E-state index in [4.69, 9.17) is 0 Å². The number of carbonyl (C=O) groups is 1. The molecule has 96 valence electrons. The number of hydrogen-bond acceptors (Lipinski definition) is 2. The van der Waals surface area contributed by atoms with Gasteiger partial charge in [0.2, 0.25) is 0 Å². The molecular weight excluding hydrogens is 226 g/mol. The van der Waals surface area contributed by atoms with Crippen LogP contribution in [0.25, 0.3) is 0 Å². The van der Waals surface area contributed by atoms with Crippen molar-refractivity contribution in [2.45, 2.75) is 26.2 Å². The molecule has 1 aliphatic heterocycles. The molecule has 2 fully saturated rings. The summed E-state index contributed by atoms with van der Waals surface area (Å²) in [5, 5.41) is 2.89. The lowest BCUT2D eigenvalue weighted by Gasteiger charge is -2.17. The predicted molar refractivity (Wildman–Crippen MR) is 70.4 cm³/mol. The van der Waals surface area contributed by atoms with Gasteiger partial charge in [0.15, 0.2) is 0 Å². The van der Waals surface area contributed by atoms with Crippen LogP contribution in [0.2, 0.25) is 0 Å². The normalized spacial score (nSPS) is 26.2. The predicted octanol–water partition coefficient (Wildman–Crippen LogP) is 2.65. The van der Waals surface area contributed by atoms with Crippen LogP contribution in [0.4, 0.5) is 10.6 Å². The number of anilines is 1. The summed E-state index contributed by atoms with van der Waals surface area (Å²) in [6.45, 7) is 3.84. The molecule has 0 radical (unpaired) electrons. The number of aryl methyl sites for hydroxylation is 1. The molecule has 1 aromatic rings. The number of aromatic nitrogens is 1. The molecule has 2 aliphatic rings. The van der Waals surface area contributed by atoms with E-state index in [0.717, 1.165) is 30.5 Å². The maximum absolute atomic E-state index is 12.1. The van der Waals surface area contributed by atoms with Gasteiger partial charge in [-0.3, -0.25) is 5.32 Å². The molecule has 4 nitrogen and oxygen atoms in total. The van der Waals surface area contributed by atoms with E-state index in [2.05, 4.69) is 10.3 Å². The van der Waals surface area contributed by atoms with Crippen LogP contribution in [0, 0.1) is 18.8 Å². The first-order valence-corrected chi connectivity index (χ1v) is 6.71. The number of fused-ring (bicyclic) bond motifs is 1. The molecule has 1 aliphatic carbocycles. The zero-order valence-electron chi connectivity index (χ0n) is 10.7. The molecule has 1 aromatic heterocycles. The van der Waals surface area contributed by atoms with E-state index in [1.807, 2.05) is 24.0 Å². The van der Waals surface area contributed by atoms with Crippen LogP contribution >= 0.6 is 0 Å². The Labute approximate surface area is 107 Å². The number of likely N-dealkylation sites (tertiary alicyclic amines) is 1. The first kappa shape index (κ1) is 11.5. The van der Waals surface area contributed by atoms with Crippen molar-refractivity contribution >= 4 is 11.8 Å². The number of nitrogens with one attached hydrogen (secondary N) is 1. The second-order valence-electron chi connectivity index (χ2n) is 5.50. The van der Waals surface area contributed by atoms with Crippen LogP contribution in [-0.2, 0) is 0 Å². The Kier molecular flexibility index (Phi) is 2.94. The number of urea groups is 1. The summed E-state index contributed by atoms with van der Waals surface area (Å²) in [4.78, 5) is 18.2. The summed E-state index contributed by atoms with van der Waals surface area (Å²) >= 11 is 0. The minimum atomic E-state index is 0.00231. The summed E-state index contributed by atoms with van der Waals surface area (Å²) in [7, 11) is 0. The fourth-order valence-electron chi connectivity index (χ4n) is 3.19. The minimum absolute atomic E-state index is 0.00231. The Balaban J connectivity index is 1.62. The van der Waals surface area contributed by atoms with Crippen molar-refractivity contribution in [1.82, 2.24) is 9.88 Å². The third kappa shape index (κ3) is 2.19. The van der Waals surface area contributed by atoms with E-state index in [0.29, 0.717) is 5.82 Å². The molecule has 2 atom stereocenters. The van der Waals surface area contributed by atoms with E-state index in [1.165, 1.54) is 19.3 Å². The molecule has 18 heavy (non-hydrogen) atoms. The van der Waals surface area contributed by atoms with Gasteiger partial charge in [-0.15, -0.1) is 0 Å². The smallest absolute Gasteiger partial charge is 0.323 e. The zero-order valence-corrected chi connectivity index (χ0v) is 10.7. The monoisotopic (exact) mass is 245 g/mol. The number of hydrogen-bond donors (Lipinski definition) is 1. The van der Waals surface area contributed by atoms with Gasteiger partial charge in [-0.1, -0.05) is 6.42 Å². The van der Waals surface area contributed by atoms with Gasteiger partial charge >= 0.3 is 6.03 Å². The number of rotatable bonds is 1. The Morgan fingerprint density at radius 2 is 2.11 bits per heavy atom. The molecule has 0 spiro atoms. The molecule has 1 N–H and O–H groups in total. The Morgan fingerprint density at radius 1 is 1.39 bits per heavy atom. The second kappa shape index (κ2) is 4.59. The van der Waals surface area contributed by atoms with Gasteiger partial charge in [0, 0.05) is 19.3 Å². The quantitative estimate of drug-likeness (QED) is 0.826. The Bertz CT molecular complexity index is 448. The average molecular weight is 245 g/mol. The van der Waals surface area contributed by atoms with Crippen LogP contribution < -0.4 is 5.32 Å². The summed E-state index contributed by atoms with van der Waals surface area (Å²) in [6.07, 6.45) is 5.64. The van der Waals surface area contributed by atoms with Crippen LogP contribution in [0.1, 0.15) is 24.8 Å². The lowest BCUT2D eigenvalue weighted by molar-refractivity contribution is 0.218. The summed E-state index contributed by atoms with van der Waals surface area (Å²) in [5.41, 5.74) is 1.11. The van der Waals surface area contributed by atoms with Gasteiger partial charge in [0.25, 0.3) is 0 Å². The van der Waals surface area contributed by atoms with Crippen molar-refractivity contribution in [2.24, 2.45) is 11.8 Å². The fourth-order valence-corrected chi connectivity index (χ4v) is 3.19. The molecule has 2 heterocycles. The molecule has 1 saturated carbocycles. The van der Waals surface area contributed by atoms with Crippen molar-refractivity contribution < 1.29 is 4.79 Å². The second-order valence-corrected chi connectivity index (χ2v) is 5.50. The molecule has 0 aromatic carbocycles. The molecule has 1 saturated heterocycles. The van der Waals surface area contributed by atoms with Crippen LogP contribution in [-0.4, -0.2) is 29.0 Å². The van der Waals surface area contributed by atoms with Crippen molar-refractivity contribution in [3.63, 3.8) is 0 Å². The first-order chi connectivity index (χ1) is 8.72. The third-order valence-corrected chi connectivity index (χ3v) is 4.16.